The van der Waals surface area contributed by atoms with E-state index in [-0.39, 0.29) is 0 Å². The van der Waals surface area contributed by atoms with Crippen molar-refractivity contribution in [2.45, 2.75) is 6.92 Å². The van der Waals surface area contributed by atoms with Crippen LogP contribution in [0.3, 0.4) is 0 Å². The van der Waals surface area contributed by atoms with E-state index >= 15 is 0 Å². The van der Waals surface area contributed by atoms with E-state index in [1.807, 2.05) is 30.3 Å². The number of anilines is 1. The van der Waals surface area contributed by atoms with E-state index in [0.717, 1.165) is 10.6 Å². The number of aromatic nitrogens is 1. The minimum atomic E-state index is -0.573. The van der Waals surface area contributed by atoms with Crippen molar-refractivity contribution >= 4 is 40.5 Å². The van der Waals surface area contributed by atoms with Crippen LogP contribution in [0.15, 0.2) is 54.6 Å². The van der Waals surface area contributed by atoms with Crippen LogP contribution in [0, 0.1) is 6.92 Å². The van der Waals surface area contributed by atoms with Crippen LogP contribution in [0.1, 0.15) is 15.4 Å². The first kappa shape index (κ1) is 18.1. The summed E-state index contributed by atoms with van der Waals surface area (Å²) >= 11 is 7.22. The van der Waals surface area contributed by atoms with E-state index in [1.54, 1.807) is 31.2 Å². The maximum Gasteiger partial charge on any atom is 0.350 e. The number of rotatable bonds is 5. The molecule has 1 N–H and O–H groups in total. The van der Waals surface area contributed by atoms with Crippen LogP contribution in [-0.2, 0) is 9.53 Å². The number of esters is 1. The summed E-state index contributed by atoms with van der Waals surface area (Å²) in [6, 6.07) is 16.4. The average Bonchev–Trinajstić information content (AvgIpc) is 3.04. The van der Waals surface area contributed by atoms with Crippen LogP contribution in [-0.4, -0.2) is 23.5 Å². The molecule has 2 aromatic carbocycles. The Kier molecular flexibility index (Phi) is 5.65. The lowest BCUT2D eigenvalue weighted by Gasteiger charge is -2.07. The average molecular weight is 387 g/mol. The highest BCUT2D eigenvalue weighted by Crippen LogP contribution is 2.28. The Bertz CT molecular complexity index is 941. The second kappa shape index (κ2) is 8.12. The van der Waals surface area contributed by atoms with Crippen LogP contribution >= 0.6 is 22.9 Å². The fourth-order valence-electron chi connectivity index (χ4n) is 2.24. The van der Waals surface area contributed by atoms with Crippen LogP contribution in [0.5, 0.6) is 0 Å². The monoisotopic (exact) mass is 386 g/mol. The number of thiazole rings is 1. The Morgan fingerprint density at radius 2 is 1.81 bits per heavy atom. The molecule has 3 rings (SSSR count). The molecule has 0 saturated carbocycles. The van der Waals surface area contributed by atoms with E-state index in [4.69, 9.17) is 16.3 Å². The molecule has 1 aromatic heterocycles. The first-order valence-electron chi connectivity index (χ1n) is 7.79. The van der Waals surface area contributed by atoms with Crippen molar-refractivity contribution in [1.82, 2.24) is 4.98 Å². The first-order valence-corrected chi connectivity index (χ1v) is 8.98. The largest absolute Gasteiger partial charge is 0.451 e. The van der Waals surface area contributed by atoms with Gasteiger partial charge in [0.2, 0.25) is 0 Å². The quantitative estimate of drug-likeness (QED) is 0.652. The first-order chi connectivity index (χ1) is 12.5. The standard InChI is InChI=1S/C19H15ClN2O3S/c1-12-17(26-18(21-12)13-7-3-2-4-8-13)19(24)25-11-16(23)22-15-10-6-5-9-14(15)20/h2-10H,11H2,1H3,(H,22,23). The SMILES string of the molecule is Cc1nc(-c2ccccc2)sc1C(=O)OCC(=O)Nc1ccccc1Cl. The number of amides is 1. The molecule has 0 spiro atoms. The van der Waals surface area contributed by atoms with Gasteiger partial charge in [-0.1, -0.05) is 54.1 Å². The molecule has 0 radical (unpaired) electrons. The highest BCUT2D eigenvalue weighted by atomic mass is 35.5. The Balaban J connectivity index is 1.63. The molecular formula is C19H15ClN2O3S. The van der Waals surface area contributed by atoms with E-state index in [2.05, 4.69) is 10.3 Å². The van der Waals surface area contributed by atoms with Gasteiger partial charge in [-0.15, -0.1) is 11.3 Å². The number of carbonyl (C=O) groups excluding carboxylic acids is 2. The molecule has 3 aromatic rings. The fraction of sp³-hybridized carbons (Fsp3) is 0.105. The molecule has 0 aliphatic carbocycles. The van der Waals surface area contributed by atoms with Gasteiger partial charge in [-0.25, -0.2) is 9.78 Å². The molecule has 5 nitrogen and oxygen atoms in total. The maximum absolute atomic E-state index is 12.3. The highest BCUT2D eigenvalue weighted by molar-refractivity contribution is 7.17. The molecule has 0 aliphatic rings. The van der Waals surface area contributed by atoms with Crippen molar-refractivity contribution in [3.05, 3.63) is 70.2 Å². The Morgan fingerprint density at radius 3 is 2.54 bits per heavy atom. The Morgan fingerprint density at radius 1 is 1.12 bits per heavy atom. The summed E-state index contributed by atoms with van der Waals surface area (Å²) in [5.41, 5.74) is 1.97. The molecule has 0 saturated heterocycles. The number of ether oxygens (including phenoxy) is 1. The normalized spacial score (nSPS) is 10.4. The summed E-state index contributed by atoms with van der Waals surface area (Å²) in [4.78, 5) is 29.0. The molecule has 0 aliphatic heterocycles. The van der Waals surface area contributed by atoms with Gasteiger partial charge in [0.1, 0.15) is 9.88 Å². The van der Waals surface area contributed by atoms with Gasteiger partial charge in [-0.2, -0.15) is 0 Å². The summed E-state index contributed by atoms with van der Waals surface area (Å²) in [7, 11) is 0. The van der Waals surface area contributed by atoms with E-state index < -0.39 is 18.5 Å². The van der Waals surface area contributed by atoms with Crippen molar-refractivity contribution in [3.8, 4) is 10.6 Å². The summed E-state index contributed by atoms with van der Waals surface area (Å²) in [5, 5.41) is 3.75. The number of hydrogen-bond donors (Lipinski definition) is 1. The Labute approximate surface area is 159 Å². The maximum atomic E-state index is 12.3. The van der Waals surface area contributed by atoms with Crippen molar-refractivity contribution in [2.75, 3.05) is 11.9 Å². The number of aryl methyl sites for hydroxylation is 1. The Hall–Kier alpha value is -2.70. The molecule has 7 heteroatoms. The second-order valence-electron chi connectivity index (χ2n) is 5.40. The van der Waals surface area contributed by atoms with E-state index in [9.17, 15) is 9.59 Å². The van der Waals surface area contributed by atoms with Gasteiger partial charge in [0.25, 0.3) is 5.91 Å². The molecule has 0 fully saturated rings. The predicted octanol–water partition coefficient (Wildman–Crippen LogP) is 4.57. The van der Waals surface area contributed by atoms with Crippen molar-refractivity contribution in [3.63, 3.8) is 0 Å². The van der Waals surface area contributed by atoms with E-state index in [1.165, 1.54) is 11.3 Å². The highest BCUT2D eigenvalue weighted by Gasteiger charge is 2.18. The number of halogens is 1. The third kappa shape index (κ3) is 4.28. The topological polar surface area (TPSA) is 68.3 Å². The molecule has 1 heterocycles. The molecule has 0 bridgehead atoms. The van der Waals surface area contributed by atoms with Gasteiger partial charge >= 0.3 is 5.97 Å². The zero-order valence-electron chi connectivity index (χ0n) is 13.9. The minimum absolute atomic E-state index is 0.384. The summed E-state index contributed by atoms with van der Waals surface area (Å²) in [6.07, 6.45) is 0. The molecule has 132 valence electrons. The van der Waals surface area contributed by atoms with Crippen LogP contribution in [0.4, 0.5) is 5.69 Å². The summed E-state index contributed by atoms with van der Waals surface area (Å²) in [5.74, 6) is -1.03. The zero-order chi connectivity index (χ0) is 18.5. The van der Waals surface area contributed by atoms with Crippen molar-refractivity contribution < 1.29 is 14.3 Å². The number of nitrogens with zero attached hydrogens (tertiary/aromatic N) is 1. The van der Waals surface area contributed by atoms with Crippen LogP contribution in [0.2, 0.25) is 5.02 Å². The molecule has 0 unspecified atom stereocenters. The minimum Gasteiger partial charge on any atom is -0.451 e. The van der Waals surface area contributed by atoms with Crippen LogP contribution in [0.25, 0.3) is 10.6 Å². The number of para-hydroxylation sites is 1. The van der Waals surface area contributed by atoms with Gasteiger partial charge in [-0.3, -0.25) is 4.79 Å². The number of hydrogen-bond acceptors (Lipinski definition) is 5. The summed E-state index contributed by atoms with van der Waals surface area (Å²) < 4.78 is 5.11. The molecular weight excluding hydrogens is 372 g/mol. The van der Waals surface area contributed by atoms with Gasteiger partial charge in [0.05, 0.1) is 16.4 Å². The lowest BCUT2D eigenvalue weighted by atomic mass is 10.2. The summed E-state index contributed by atoms with van der Waals surface area (Å²) in [6.45, 7) is 1.34. The van der Waals surface area contributed by atoms with Gasteiger partial charge < -0.3 is 10.1 Å². The number of benzene rings is 2. The lowest BCUT2D eigenvalue weighted by Crippen LogP contribution is -2.21. The third-order valence-corrected chi connectivity index (χ3v) is 5.00. The predicted molar refractivity (Wildman–Crippen MR) is 103 cm³/mol. The molecule has 0 atom stereocenters. The van der Waals surface area contributed by atoms with Crippen LogP contribution < -0.4 is 5.32 Å². The fourth-order valence-corrected chi connectivity index (χ4v) is 3.38. The smallest absolute Gasteiger partial charge is 0.350 e. The zero-order valence-corrected chi connectivity index (χ0v) is 15.4. The second-order valence-corrected chi connectivity index (χ2v) is 6.81. The van der Waals surface area contributed by atoms with Gasteiger partial charge in [0, 0.05) is 5.56 Å². The van der Waals surface area contributed by atoms with Crippen molar-refractivity contribution in [1.29, 1.82) is 0 Å². The van der Waals surface area contributed by atoms with Gasteiger partial charge in [0.15, 0.2) is 6.61 Å². The number of carbonyl (C=O) groups is 2. The van der Waals surface area contributed by atoms with Gasteiger partial charge in [-0.05, 0) is 19.1 Å². The molecule has 26 heavy (non-hydrogen) atoms. The van der Waals surface area contributed by atoms with E-state index in [0.29, 0.717) is 21.3 Å². The lowest BCUT2D eigenvalue weighted by molar-refractivity contribution is -0.119. The number of nitrogens with one attached hydrogen (secondary N) is 1. The third-order valence-electron chi connectivity index (χ3n) is 3.49. The molecule has 1 amide bonds. The van der Waals surface area contributed by atoms with Crippen molar-refractivity contribution in [2.24, 2.45) is 0 Å².